The van der Waals surface area contributed by atoms with Gasteiger partial charge < -0.3 is 5.11 Å². The number of imidazole rings is 1. The van der Waals surface area contributed by atoms with Gasteiger partial charge in [-0.1, -0.05) is 146 Å². The third-order valence-corrected chi connectivity index (χ3v) is 9.97. The normalized spacial score (nSPS) is 17.0. The van der Waals surface area contributed by atoms with Gasteiger partial charge in [-0.05, 0) is 116 Å². The Morgan fingerprint density at radius 2 is 1.37 bits per heavy atom. The summed E-state index contributed by atoms with van der Waals surface area (Å²) in [5.74, 6) is -0.602. The Bertz CT molecular complexity index is 3410. The number of benzene rings is 6. The van der Waals surface area contributed by atoms with Crippen molar-refractivity contribution in [3.05, 3.63) is 168 Å². The van der Waals surface area contributed by atoms with Crippen molar-refractivity contribution in [1.29, 1.82) is 0 Å². The Kier molecular flexibility index (Phi) is 5.94. The molecule has 0 unspecified atom stereocenters. The molecule has 8 aromatic rings. The zero-order valence-corrected chi connectivity index (χ0v) is 32.3. The number of aromatic hydroxyl groups is 1. The summed E-state index contributed by atoms with van der Waals surface area (Å²) in [6, 6.07) is 28.2. The van der Waals surface area contributed by atoms with E-state index in [1.165, 1.54) is 0 Å². The molecule has 0 spiro atoms. The number of pyridine rings is 1. The Balaban J connectivity index is 1.39. The lowest BCUT2D eigenvalue weighted by Gasteiger charge is -2.22. The van der Waals surface area contributed by atoms with E-state index >= 15 is 0 Å². The van der Waals surface area contributed by atoms with E-state index in [2.05, 4.69) is 4.98 Å². The number of nitrogens with zero attached hydrogens (tertiary/aromatic N) is 3. The highest BCUT2D eigenvalue weighted by Gasteiger charge is 2.23. The van der Waals surface area contributed by atoms with Gasteiger partial charge in [0.2, 0.25) is 0 Å². The Morgan fingerprint density at radius 1 is 0.649 bits per heavy atom. The molecular weight excluding hydrogens is 695 g/mol. The van der Waals surface area contributed by atoms with Gasteiger partial charge in [0.15, 0.2) is 0 Å². The fourth-order valence-corrected chi connectivity index (χ4v) is 6.87. The highest BCUT2D eigenvalue weighted by Crippen LogP contribution is 2.41. The largest absolute Gasteiger partial charge is 0.507 e. The van der Waals surface area contributed by atoms with Crippen molar-refractivity contribution >= 4 is 11.0 Å². The van der Waals surface area contributed by atoms with Gasteiger partial charge in [-0.15, -0.1) is 0 Å². The van der Waals surface area contributed by atoms with Crippen LogP contribution in [0.1, 0.15) is 99.7 Å². The quantitative estimate of drug-likeness (QED) is 0.176. The molecule has 0 atom stereocenters. The number of rotatable bonds is 7. The molecule has 4 nitrogen and oxygen atoms in total. The molecule has 0 amide bonds. The molecule has 8 rings (SSSR count). The number of para-hydroxylation sites is 2. The Labute approximate surface area is 360 Å². The zero-order chi connectivity index (χ0) is 53.7. The lowest BCUT2D eigenvalue weighted by atomic mass is 9.83. The van der Waals surface area contributed by atoms with Crippen LogP contribution >= 0.6 is 0 Å². The minimum Gasteiger partial charge on any atom is -0.507 e. The van der Waals surface area contributed by atoms with Crippen molar-refractivity contribution in [3.8, 4) is 67.5 Å². The molecule has 0 aliphatic carbocycles. The van der Waals surface area contributed by atoms with Gasteiger partial charge in [-0.25, -0.2) is 4.98 Å². The second kappa shape index (κ2) is 14.7. The van der Waals surface area contributed by atoms with Crippen molar-refractivity contribution < 1.29 is 27.0 Å². The summed E-state index contributed by atoms with van der Waals surface area (Å²) >= 11 is 0. The molecule has 0 radical (unpaired) electrons. The molecule has 2 heterocycles. The van der Waals surface area contributed by atoms with E-state index in [4.69, 9.17) is 25.5 Å². The average molecular weight is 762 g/mol. The molecule has 0 aliphatic rings. The van der Waals surface area contributed by atoms with E-state index < -0.39 is 90.2 Å². The van der Waals surface area contributed by atoms with E-state index in [1.807, 2.05) is 112 Å². The van der Waals surface area contributed by atoms with Crippen molar-refractivity contribution in [2.45, 2.75) is 71.9 Å². The molecular formula is C53H51N3O. The third-order valence-electron chi connectivity index (χ3n) is 9.97. The van der Waals surface area contributed by atoms with Crippen LogP contribution in [0.3, 0.4) is 0 Å². The highest BCUT2D eigenvalue weighted by atomic mass is 16.3. The first-order valence-corrected chi connectivity index (χ1v) is 18.6. The van der Waals surface area contributed by atoms with E-state index in [9.17, 15) is 6.48 Å². The second-order valence-electron chi connectivity index (χ2n) is 15.4. The number of aromatic nitrogens is 3. The standard InChI is InChI=1S/C53H51N3O/c1-34(2)38-27-39(35-15-10-9-11-16-35)32-44(31-38)56-48-19-14-18-45(50(48)55-51(56)46-17-12-13-20-49(46)57)40-28-41(30-43(29-40)53(6,7)8)47-33-37(25-26-54-47)36-21-23-42(24-22-36)52(3,4)5/h9-34,57H,1-8H3/i3D3,4D3,5D3,21D,22D,23D,24D,25D,33D,34D. The van der Waals surface area contributed by atoms with Crippen LogP contribution in [0.5, 0.6) is 5.75 Å². The summed E-state index contributed by atoms with van der Waals surface area (Å²) in [5.41, 5.74) is 0.359. The summed E-state index contributed by atoms with van der Waals surface area (Å²) in [5, 5.41) is 11.4. The number of fused-ring (bicyclic) bond motifs is 1. The van der Waals surface area contributed by atoms with E-state index in [0.29, 0.717) is 44.8 Å². The lowest BCUT2D eigenvalue weighted by molar-refractivity contribution is 0.477. The predicted octanol–water partition coefficient (Wildman–Crippen LogP) is 14.2. The molecule has 0 fully saturated rings. The molecule has 0 saturated carbocycles. The van der Waals surface area contributed by atoms with E-state index in [0.717, 1.165) is 28.5 Å². The Hall–Kier alpha value is -6.26. The first-order valence-electron chi connectivity index (χ1n) is 26.6. The third kappa shape index (κ3) is 7.52. The number of hydrogen-bond acceptors (Lipinski definition) is 3. The van der Waals surface area contributed by atoms with Crippen LogP contribution in [0.4, 0.5) is 0 Å². The van der Waals surface area contributed by atoms with Gasteiger partial charge in [0.05, 0.1) is 30.5 Å². The lowest BCUT2D eigenvalue weighted by Crippen LogP contribution is -2.11. The number of hydrogen-bond donors (Lipinski definition) is 1. The molecule has 0 saturated heterocycles. The van der Waals surface area contributed by atoms with E-state index in [-0.39, 0.29) is 11.4 Å². The van der Waals surface area contributed by atoms with Crippen LogP contribution < -0.4 is 0 Å². The minimum absolute atomic E-state index is 0.0110. The summed E-state index contributed by atoms with van der Waals surface area (Å²) in [6.07, 6.45) is 1.07. The van der Waals surface area contributed by atoms with Gasteiger partial charge in [0, 0.05) is 36.7 Å². The fourth-order valence-electron chi connectivity index (χ4n) is 6.87. The zero-order valence-electron chi connectivity index (χ0n) is 48.3. The van der Waals surface area contributed by atoms with Crippen LogP contribution in [-0.2, 0) is 10.8 Å². The smallest absolute Gasteiger partial charge is 0.149 e. The number of phenolic OH excluding ortho intramolecular Hbond substituents is 1. The van der Waals surface area contributed by atoms with Gasteiger partial charge in [-0.3, -0.25) is 9.55 Å². The molecule has 284 valence electrons. The Morgan fingerprint density at radius 3 is 2.09 bits per heavy atom. The van der Waals surface area contributed by atoms with Crippen LogP contribution in [0, 0.1) is 0 Å². The van der Waals surface area contributed by atoms with Crippen molar-refractivity contribution in [3.63, 3.8) is 0 Å². The monoisotopic (exact) mass is 762 g/mol. The second-order valence-corrected chi connectivity index (χ2v) is 15.4. The minimum atomic E-state index is -3.89. The molecule has 57 heavy (non-hydrogen) atoms. The van der Waals surface area contributed by atoms with E-state index in [1.54, 1.807) is 36.4 Å². The van der Waals surface area contributed by atoms with Gasteiger partial charge in [0.1, 0.15) is 11.6 Å². The topological polar surface area (TPSA) is 50.9 Å². The molecule has 0 bridgehead atoms. The summed E-state index contributed by atoms with van der Waals surface area (Å²) < 4.78 is 140. The van der Waals surface area contributed by atoms with Gasteiger partial charge in [0.25, 0.3) is 0 Å². The van der Waals surface area contributed by atoms with Crippen molar-refractivity contribution in [2.24, 2.45) is 0 Å². The predicted molar refractivity (Wildman–Crippen MR) is 239 cm³/mol. The fraction of sp³-hybridized carbons (Fsp3) is 0.208. The van der Waals surface area contributed by atoms with Gasteiger partial charge in [-0.2, -0.15) is 0 Å². The van der Waals surface area contributed by atoms with Crippen LogP contribution in [0.15, 0.2) is 152 Å². The molecule has 4 heteroatoms. The average Bonchev–Trinajstić information content (AvgIpc) is 3.69. The van der Waals surface area contributed by atoms with Crippen molar-refractivity contribution in [1.82, 2.24) is 14.5 Å². The maximum absolute atomic E-state index is 11.4. The molecule has 0 aliphatic heterocycles. The maximum atomic E-state index is 11.4. The van der Waals surface area contributed by atoms with Crippen LogP contribution in [0.25, 0.3) is 72.7 Å². The van der Waals surface area contributed by atoms with Crippen LogP contribution in [0.2, 0.25) is 0 Å². The summed E-state index contributed by atoms with van der Waals surface area (Å²) in [6.45, 7) is -2.06. The van der Waals surface area contributed by atoms with Gasteiger partial charge >= 0.3 is 0 Å². The molecule has 2 aromatic heterocycles. The van der Waals surface area contributed by atoms with Crippen molar-refractivity contribution in [2.75, 3.05) is 0 Å². The molecule has 6 aromatic carbocycles. The summed E-state index contributed by atoms with van der Waals surface area (Å²) in [4.78, 5) is 9.77. The first kappa shape index (κ1) is 23.1. The van der Waals surface area contributed by atoms with Crippen LogP contribution in [-0.4, -0.2) is 19.6 Å². The first-order chi connectivity index (χ1) is 33.8. The summed E-state index contributed by atoms with van der Waals surface area (Å²) in [7, 11) is 0. The highest BCUT2D eigenvalue weighted by molar-refractivity contribution is 5.97. The number of phenols is 1. The SMILES string of the molecule is [2H]c1cnc(-c2cc(-c3cccc4c3nc(-c3ccccc3O)n4-c3cc(-c4ccccc4)cc(C([2H])(C)C)c3)cc(C(C)(C)C)c2)c([2H])c1-c1c([2H])c([2H])c(C(C([2H])([2H])[2H])(C([2H])([2H])[2H])C([2H])([2H])[2H])c([2H])c1[2H]. The maximum Gasteiger partial charge on any atom is 0.149 e. The molecule has 1 N–H and O–H groups in total.